The third-order valence-electron chi connectivity index (χ3n) is 1.72. The van der Waals surface area contributed by atoms with Crippen molar-refractivity contribution in [1.29, 1.82) is 0 Å². The monoisotopic (exact) mass is 203 g/mol. The Kier molecular flexibility index (Phi) is 8.57. The Bertz CT molecular complexity index is 148. The van der Waals surface area contributed by atoms with E-state index in [0.29, 0.717) is 0 Å². The lowest BCUT2D eigenvalue weighted by Crippen LogP contribution is -2.22. The highest BCUT2D eigenvalue weighted by atomic mass is 16.5. The Hall–Kier alpha value is -0.610. The zero-order chi connectivity index (χ0) is 10.8. The molecule has 2 N–H and O–H groups in total. The molecule has 0 radical (unpaired) electrons. The molecular weight excluding hydrogens is 182 g/mol. The van der Waals surface area contributed by atoms with E-state index in [1.807, 2.05) is 13.8 Å². The molecule has 0 aliphatic carbocycles. The zero-order valence-electron chi connectivity index (χ0n) is 9.08. The lowest BCUT2D eigenvalue weighted by Gasteiger charge is -2.07. The highest BCUT2D eigenvalue weighted by Gasteiger charge is 1.96. The van der Waals surface area contributed by atoms with Crippen molar-refractivity contribution >= 4 is 5.97 Å². The van der Waals surface area contributed by atoms with Crippen LogP contribution in [0, 0.1) is 0 Å². The second-order valence-corrected chi connectivity index (χ2v) is 3.52. The third-order valence-corrected chi connectivity index (χ3v) is 1.72. The predicted octanol–water partition coefficient (Wildman–Crippen LogP) is 1.26. The van der Waals surface area contributed by atoms with Gasteiger partial charge in [0.05, 0.1) is 12.7 Å². The summed E-state index contributed by atoms with van der Waals surface area (Å²) in [5.74, 6) is -0.715. The molecule has 4 heteroatoms. The number of unbranched alkanes of at least 4 members (excludes halogenated alkanes) is 1. The number of hydrogen-bond donors (Lipinski definition) is 2. The van der Waals surface area contributed by atoms with Gasteiger partial charge in [0.2, 0.25) is 0 Å². The fourth-order valence-corrected chi connectivity index (χ4v) is 1.02. The summed E-state index contributed by atoms with van der Waals surface area (Å²) in [5.41, 5.74) is 0. The number of carboxylic acid groups (broad SMARTS) is 1. The fraction of sp³-hybridized carbons (Fsp3) is 0.900. The molecule has 0 aromatic heterocycles. The average molecular weight is 203 g/mol. The molecule has 0 aromatic rings. The van der Waals surface area contributed by atoms with Crippen LogP contribution in [0.15, 0.2) is 0 Å². The summed E-state index contributed by atoms with van der Waals surface area (Å²) < 4.78 is 5.33. The maximum absolute atomic E-state index is 10.2. The van der Waals surface area contributed by atoms with Crippen molar-refractivity contribution in [2.24, 2.45) is 0 Å². The Morgan fingerprint density at radius 3 is 2.64 bits per heavy atom. The van der Waals surface area contributed by atoms with E-state index in [1.165, 1.54) is 0 Å². The van der Waals surface area contributed by atoms with Gasteiger partial charge in [0, 0.05) is 13.0 Å². The first-order valence-electron chi connectivity index (χ1n) is 5.17. The lowest BCUT2D eigenvalue weighted by atomic mass is 10.2. The van der Waals surface area contributed by atoms with Gasteiger partial charge in [-0.1, -0.05) is 0 Å². The quantitative estimate of drug-likeness (QED) is 0.554. The first kappa shape index (κ1) is 13.4. The van der Waals surface area contributed by atoms with Crippen LogP contribution in [0.4, 0.5) is 0 Å². The van der Waals surface area contributed by atoms with Gasteiger partial charge in [0.25, 0.3) is 0 Å². The molecule has 0 heterocycles. The molecule has 4 nitrogen and oxygen atoms in total. The zero-order valence-corrected chi connectivity index (χ0v) is 9.08. The topological polar surface area (TPSA) is 58.6 Å². The van der Waals surface area contributed by atoms with Gasteiger partial charge in [-0.2, -0.15) is 0 Å². The highest BCUT2D eigenvalue weighted by molar-refractivity contribution is 5.66. The second kappa shape index (κ2) is 8.97. The van der Waals surface area contributed by atoms with E-state index in [1.54, 1.807) is 0 Å². The maximum atomic E-state index is 10.2. The molecule has 0 aliphatic heterocycles. The van der Waals surface area contributed by atoms with Crippen molar-refractivity contribution < 1.29 is 14.6 Å². The van der Waals surface area contributed by atoms with Gasteiger partial charge in [0.15, 0.2) is 0 Å². The molecule has 0 spiro atoms. The van der Waals surface area contributed by atoms with Crippen LogP contribution in [0.5, 0.6) is 0 Å². The van der Waals surface area contributed by atoms with Crippen LogP contribution in [-0.4, -0.2) is 36.9 Å². The highest BCUT2D eigenvalue weighted by Crippen LogP contribution is 1.93. The summed E-state index contributed by atoms with van der Waals surface area (Å²) in [4.78, 5) is 10.2. The molecule has 14 heavy (non-hydrogen) atoms. The van der Waals surface area contributed by atoms with E-state index in [9.17, 15) is 4.79 Å². The van der Waals surface area contributed by atoms with Crippen LogP contribution in [0.25, 0.3) is 0 Å². The van der Waals surface area contributed by atoms with Crippen molar-refractivity contribution in [3.8, 4) is 0 Å². The fourth-order valence-electron chi connectivity index (χ4n) is 1.02. The molecule has 84 valence electrons. The summed E-state index contributed by atoms with van der Waals surface area (Å²) in [5, 5.41) is 11.6. The van der Waals surface area contributed by atoms with Crippen molar-refractivity contribution in [3.05, 3.63) is 0 Å². The Morgan fingerprint density at radius 1 is 1.36 bits per heavy atom. The number of nitrogens with one attached hydrogen (secondary N) is 1. The van der Waals surface area contributed by atoms with Gasteiger partial charge >= 0.3 is 5.97 Å². The van der Waals surface area contributed by atoms with Crippen molar-refractivity contribution in [3.63, 3.8) is 0 Å². The molecule has 0 fully saturated rings. The van der Waals surface area contributed by atoms with Crippen molar-refractivity contribution in [1.82, 2.24) is 5.32 Å². The van der Waals surface area contributed by atoms with Crippen molar-refractivity contribution in [2.75, 3.05) is 19.7 Å². The van der Waals surface area contributed by atoms with E-state index < -0.39 is 5.97 Å². The minimum Gasteiger partial charge on any atom is -0.481 e. The molecule has 0 unspecified atom stereocenters. The number of carbonyl (C=O) groups is 1. The minimum atomic E-state index is -0.715. The molecule has 0 saturated carbocycles. The molecule has 0 aromatic carbocycles. The number of hydrogen-bond acceptors (Lipinski definition) is 3. The van der Waals surface area contributed by atoms with E-state index in [2.05, 4.69) is 5.32 Å². The molecule has 0 bridgehead atoms. The normalized spacial score (nSPS) is 10.8. The Balaban J connectivity index is 2.96. The van der Waals surface area contributed by atoms with Gasteiger partial charge in [-0.3, -0.25) is 4.79 Å². The number of carboxylic acids is 1. The van der Waals surface area contributed by atoms with Crippen LogP contribution in [0.1, 0.15) is 33.1 Å². The lowest BCUT2D eigenvalue weighted by molar-refractivity contribution is -0.137. The molecule has 0 amide bonds. The summed E-state index contributed by atoms with van der Waals surface area (Å²) in [7, 11) is 0. The first-order chi connectivity index (χ1) is 6.63. The summed E-state index contributed by atoms with van der Waals surface area (Å²) in [6.07, 6.45) is 2.20. The van der Waals surface area contributed by atoms with E-state index in [-0.39, 0.29) is 12.5 Å². The molecular formula is C10H21NO3. The molecule has 0 saturated heterocycles. The summed E-state index contributed by atoms with van der Waals surface area (Å²) >= 11 is 0. The number of aliphatic carboxylic acids is 1. The largest absolute Gasteiger partial charge is 0.481 e. The van der Waals surface area contributed by atoms with Crippen LogP contribution in [0.2, 0.25) is 0 Å². The maximum Gasteiger partial charge on any atom is 0.303 e. The first-order valence-corrected chi connectivity index (χ1v) is 5.17. The average Bonchev–Trinajstić information content (AvgIpc) is 2.08. The van der Waals surface area contributed by atoms with Gasteiger partial charge in [-0.15, -0.1) is 0 Å². The van der Waals surface area contributed by atoms with E-state index in [4.69, 9.17) is 9.84 Å². The van der Waals surface area contributed by atoms with Gasteiger partial charge < -0.3 is 15.2 Å². The van der Waals surface area contributed by atoms with Crippen molar-refractivity contribution in [2.45, 2.75) is 39.2 Å². The Labute approximate surface area is 85.6 Å². The number of rotatable bonds is 9. The second-order valence-electron chi connectivity index (χ2n) is 3.52. The predicted molar refractivity (Wildman–Crippen MR) is 55.4 cm³/mol. The van der Waals surface area contributed by atoms with Gasteiger partial charge in [-0.05, 0) is 33.2 Å². The minimum absolute atomic E-state index is 0.268. The molecule has 0 aliphatic rings. The third kappa shape index (κ3) is 11.4. The van der Waals surface area contributed by atoms with E-state index in [0.717, 1.165) is 32.5 Å². The molecule has 0 rings (SSSR count). The molecule has 0 atom stereocenters. The van der Waals surface area contributed by atoms with Gasteiger partial charge in [0.1, 0.15) is 0 Å². The van der Waals surface area contributed by atoms with Crippen LogP contribution in [0.3, 0.4) is 0 Å². The van der Waals surface area contributed by atoms with Crippen LogP contribution >= 0.6 is 0 Å². The van der Waals surface area contributed by atoms with Crippen LogP contribution < -0.4 is 5.32 Å². The Morgan fingerprint density at radius 2 is 2.07 bits per heavy atom. The smallest absolute Gasteiger partial charge is 0.303 e. The van der Waals surface area contributed by atoms with Crippen LogP contribution in [-0.2, 0) is 9.53 Å². The number of ether oxygens (including phenoxy) is 1. The van der Waals surface area contributed by atoms with Gasteiger partial charge in [-0.25, -0.2) is 0 Å². The summed E-state index contributed by atoms with van der Waals surface area (Å²) in [6.45, 7) is 6.44. The SMILES string of the molecule is CC(C)OCCNCCCCC(=O)O. The van der Waals surface area contributed by atoms with E-state index >= 15 is 0 Å². The standard InChI is InChI=1S/C10H21NO3/c1-9(2)14-8-7-11-6-4-3-5-10(12)13/h9,11H,3-8H2,1-2H3,(H,12,13). The summed E-state index contributed by atoms with van der Waals surface area (Å²) in [6, 6.07) is 0.